The zero-order chi connectivity index (χ0) is 21.6. The van der Waals surface area contributed by atoms with Gasteiger partial charge in [0, 0.05) is 11.3 Å². The second-order valence-corrected chi connectivity index (χ2v) is 7.19. The molecule has 0 saturated heterocycles. The number of hydrogen-bond acceptors (Lipinski definition) is 4. The molecule has 0 atom stereocenters. The van der Waals surface area contributed by atoms with Gasteiger partial charge in [-0.25, -0.2) is 4.68 Å². The number of aryl methyl sites for hydroxylation is 1. The molecular weight excluding hydrogens is 388 g/mol. The Labute approximate surface area is 181 Å². The van der Waals surface area contributed by atoms with Crippen LogP contribution < -0.4 is 10.1 Å². The summed E-state index contributed by atoms with van der Waals surface area (Å²) in [5, 5.41) is 7.45. The Balaban J connectivity index is 1.55. The van der Waals surface area contributed by atoms with Crippen molar-refractivity contribution in [3.8, 4) is 23.1 Å². The van der Waals surface area contributed by atoms with Crippen molar-refractivity contribution in [2.45, 2.75) is 20.3 Å². The number of hydrogen-bond donors (Lipinski definition) is 1. The molecule has 6 heteroatoms. The molecule has 0 bridgehead atoms. The highest BCUT2D eigenvalue weighted by molar-refractivity contribution is 5.92. The number of nitrogens with one attached hydrogen (secondary N) is 1. The topological polar surface area (TPSA) is 69.0 Å². The molecule has 6 nitrogen and oxygen atoms in total. The monoisotopic (exact) mass is 412 g/mol. The molecule has 31 heavy (non-hydrogen) atoms. The molecule has 0 saturated carbocycles. The fourth-order valence-electron chi connectivity index (χ4n) is 3.23. The highest BCUT2D eigenvalue weighted by Gasteiger charge is 2.15. The van der Waals surface area contributed by atoms with E-state index in [2.05, 4.69) is 15.4 Å². The second-order valence-electron chi connectivity index (χ2n) is 7.19. The number of anilines is 1. The van der Waals surface area contributed by atoms with E-state index in [1.54, 1.807) is 4.68 Å². The van der Waals surface area contributed by atoms with Gasteiger partial charge < -0.3 is 10.1 Å². The van der Waals surface area contributed by atoms with Gasteiger partial charge in [0.2, 0.25) is 5.91 Å². The molecule has 1 aromatic heterocycles. The summed E-state index contributed by atoms with van der Waals surface area (Å²) in [5.74, 6) is 0.642. The van der Waals surface area contributed by atoms with Gasteiger partial charge in [-0.05, 0) is 43.7 Å². The number of aromatic nitrogens is 3. The van der Waals surface area contributed by atoms with E-state index in [1.807, 2.05) is 92.7 Å². The van der Waals surface area contributed by atoms with Crippen molar-refractivity contribution in [2.24, 2.45) is 0 Å². The van der Waals surface area contributed by atoms with Crippen LogP contribution in [0.25, 0.3) is 17.1 Å². The summed E-state index contributed by atoms with van der Waals surface area (Å²) < 4.78 is 7.28. The SMILES string of the molecule is CCOc1nc(-c2ccc(C)cc2)n(-c2ccc(NC(=O)Cc3ccccc3)cc2)n1. The Bertz CT molecular complexity index is 1150. The summed E-state index contributed by atoms with van der Waals surface area (Å²) in [4.78, 5) is 16.9. The molecule has 1 N–H and O–H groups in total. The van der Waals surface area contributed by atoms with Crippen molar-refractivity contribution >= 4 is 11.6 Å². The van der Waals surface area contributed by atoms with E-state index in [9.17, 15) is 4.79 Å². The second kappa shape index (κ2) is 9.26. The Kier molecular flexibility index (Phi) is 6.08. The largest absolute Gasteiger partial charge is 0.463 e. The zero-order valence-corrected chi connectivity index (χ0v) is 17.6. The maximum Gasteiger partial charge on any atom is 0.336 e. The van der Waals surface area contributed by atoms with Gasteiger partial charge in [-0.1, -0.05) is 60.2 Å². The lowest BCUT2D eigenvalue weighted by Crippen LogP contribution is -2.14. The molecule has 0 unspecified atom stereocenters. The Morgan fingerprint density at radius 3 is 2.35 bits per heavy atom. The van der Waals surface area contributed by atoms with E-state index < -0.39 is 0 Å². The molecule has 0 aliphatic rings. The van der Waals surface area contributed by atoms with Crippen LogP contribution in [0.1, 0.15) is 18.1 Å². The van der Waals surface area contributed by atoms with Crippen LogP contribution in [0.4, 0.5) is 5.69 Å². The van der Waals surface area contributed by atoms with E-state index in [0.717, 1.165) is 22.5 Å². The number of amides is 1. The predicted molar refractivity (Wildman–Crippen MR) is 121 cm³/mol. The normalized spacial score (nSPS) is 10.6. The Morgan fingerprint density at radius 2 is 1.68 bits per heavy atom. The molecule has 4 rings (SSSR count). The summed E-state index contributed by atoms with van der Waals surface area (Å²) in [6.45, 7) is 4.44. The molecule has 0 aliphatic carbocycles. The number of rotatable bonds is 7. The molecule has 1 heterocycles. The van der Waals surface area contributed by atoms with Crippen molar-refractivity contribution in [2.75, 3.05) is 11.9 Å². The van der Waals surface area contributed by atoms with Crippen molar-refractivity contribution in [3.63, 3.8) is 0 Å². The van der Waals surface area contributed by atoms with Crippen molar-refractivity contribution < 1.29 is 9.53 Å². The lowest BCUT2D eigenvalue weighted by atomic mass is 10.1. The first-order valence-corrected chi connectivity index (χ1v) is 10.2. The van der Waals surface area contributed by atoms with Crippen molar-refractivity contribution in [3.05, 3.63) is 90.0 Å². The van der Waals surface area contributed by atoms with E-state index in [1.165, 1.54) is 5.56 Å². The minimum atomic E-state index is -0.0568. The van der Waals surface area contributed by atoms with Crippen LogP contribution in [0, 0.1) is 6.92 Å². The third-order valence-corrected chi connectivity index (χ3v) is 4.77. The van der Waals surface area contributed by atoms with Gasteiger partial charge >= 0.3 is 6.01 Å². The molecule has 156 valence electrons. The van der Waals surface area contributed by atoms with Gasteiger partial charge in [0.1, 0.15) is 0 Å². The van der Waals surface area contributed by atoms with E-state index in [0.29, 0.717) is 24.9 Å². The summed E-state index contributed by atoms with van der Waals surface area (Å²) in [5.41, 5.74) is 4.66. The van der Waals surface area contributed by atoms with Gasteiger partial charge in [-0.3, -0.25) is 4.79 Å². The average molecular weight is 412 g/mol. The number of nitrogens with zero attached hydrogens (tertiary/aromatic N) is 3. The third kappa shape index (κ3) is 4.98. The van der Waals surface area contributed by atoms with Gasteiger partial charge in [0.05, 0.1) is 18.7 Å². The van der Waals surface area contributed by atoms with Gasteiger partial charge in [0.15, 0.2) is 5.82 Å². The maximum atomic E-state index is 12.3. The van der Waals surface area contributed by atoms with Crippen molar-refractivity contribution in [1.29, 1.82) is 0 Å². The van der Waals surface area contributed by atoms with Crippen LogP contribution in [0.15, 0.2) is 78.9 Å². The zero-order valence-electron chi connectivity index (χ0n) is 17.6. The van der Waals surface area contributed by atoms with Crippen molar-refractivity contribution in [1.82, 2.24) is 14.8 Å². The van der Waals surface area contributed by atoms with Crippen LogP contribution in [0.5, 0.6) is 6.01 Å². The summed E-state index contributed by atoms with van der Waals surface area (Å²) in [6, 6.07) is 25.7. The van der Waals surface area contributed by atoms with Gasteiger partial charge in [0.25, 0.3) is 0 Å². The quantitative estimate of drug-likeness (QED) is 0.472. The molecule has 1 amide bonds. The Hall–Kier alpha value is -3.93. The minimum Gasteiger partial charge on any atom is -0.463 e. The average Bonchev–Trinajstić information content (AvgIpc) is 3.19. The first-order chi connectivity index (χ1) is 15.1. The molecule has 4 aromatic rings. The fourth-order valence-corrected chi connectivity index (χ4v) is 3.23. The van der Waals surface area contributed by atoms with Crippen LogP contribution >= 0.6 is 0 Å². The highest BCUT2D eigenvalue weighted by Crippen LogP contribution is 2.25. The van der Waals surface area contributed by atoms with Crippen LogP contribution in [0.2, 0.25) is 0 Å². The number of benzene rings is 3. The molecular formula is C25H24N4O2. The summed E-state index contributed by atoms with van der Waals surface area (Å²) >= 11 is 0. The predicted octanol–water partition coefficient (Wildman–Crippen LogP) is 4.82. The van der Waals surface area contributed by atoms with Gasteiger partial charge in [-0.2, -0.15) is 4.98 Å². The standard InChI is InChI=1S/C25H24N4O2/c1-3-31-25-27-24(20-11-9-18(2)10-12-20)29(28-25)22-15-13-21(14-16-22)26-23(30)17-19-7-5-4-6-8-19/h4-16H,3,17H2,1-2H3,(H,26,30). The maximum absolute atomic E-state index is 12.3. The molecule has 0 radical (unpaired) electrons. The molecule has 0 aliphatic heterocycles. The van der Waals surface area contributed by atoms with E-state index in [4.69, 9.17) is 4.74 Å². The number of carbonyl (C=O) groups excluding carboxylic acids is 1. The first kappa shape index (κ1) is 20.3. The van der Waals surface area contributed by atoms with Crippen LogP contribution in [0.3, 0.4) is 0 Å². The lowest BCUT2D eigenvalue weighted by Gasteiger charge is -2.09. The molecule has 0 spiro atoms. The van der Waals surface area contributed by atoms with Crippen LogP contribution in [-0.4, -0.2) is 27.3 Å². The highest BCUT2D eigenvalue weighted by atomic mass is 16.5. The van der Waals surface area contributed by atoms with E-state index >= 15 is 0 Å². The summed E-state index contributed by atoms with van der Waals surface area (Å²) in [6.07, 6.45) is 0.334. The number of carbonyl (C=O) groups is 1. The fraction of sp³-hybridized carbons (Fsp3) is 0.160. The minimum absolute atomic E-state index is 0.0568. The number of ether oxygens (including phenoxy) is 1. The van der Waals surface area contributed by atoms with Crippen LogP contribution in [-0.2, 0) is 11.2 Å². The third-order valence-electron chi connectivity index (χ3n) is 4.77. The summed E-state index contributed by atoms with van der Waals surface area (Å²) in [7, 11) is 0. The Morgan fingerprint density at radius 1 is 0.968 bits per heavy atom. The molecule has 0 fully saturated rings. The van der Waals surface area contributed by atoms with E-state index in [-0.39, 0.29) is 5.91 Å². The van der Waals surface area contributed by atoms with Gasteiger partial charge in [-0.15, -0.1) is 5.10 Å². The smallest absolute Gasteiger partial charge is 0.336 e. The first-order valence-electron chi connectivity index (χ1n) is 10.2. The molecule has 3 aromatic carbocycles. The lowest BCUT2D eigenvalue weighted by molar-refractivity contribution is -0.115.